The van der Waals surface area contributed by atoms with Crippen LogP contribution in [0.1, 0.15) is 18.2 Å². The number of nitrogens with one attached hydrogen (secondary N) is 3. The summed E-state index contributed by atoms with van der Waals surface area (Å²) in [4.78, 5) is 16.9. The molecule has 28 heavy (non-hydrogen) atoms. The van der Waals surface area contributed by atoms with Crippen LogP contribution in [0.25, 0.3) is 0 Å². The Kier molecular flexibility index (Phi) is 3.44. The van der Waals surface area contributed by atoms with E-state index in [1.54, 1.807) is 25.3 Å². The number of aromatic nitrogens is 1. The molecular weight excluding hydrogens is 358 g/mol. The van der Waals surface area contributed by atoms with Gasteiger partial charge in [-0.3, -0.25) is 4.90 Å². The third-order valence-electron chi connectivity index (χ3n) is 4.83. The van der Waals surface area contributed by atoms with Crippen molar-refractivity contribution in [3.8, 4) is 11.8 Å². The molecule has 1 aromatic heterocycles. The van der Waals surface area contributed by atoms with Crippen LogP contribution in [0.15, 0.2) is 46.7 Å². The first-order chi connectivity index (χ1) is 13.6. The Balaban J connectivity index is 1.56. The first-order valence-corrected chi connectivity index (χ1v) is 8.77. The van der Waals surface area contributed by atoms with Crippen LogP contribution >= 0.6 is 0 Å². The number of fused-ring (bicyclic) bond motifs is 3. The molecule has 140 valence electrons. The number of allylic oxidation sites excluding steroid dienone is 1. The number of rotatable bonds is 3. The Bertz CT molecular complexity index is 1090. The van der Waals surface area contributed by atoms with Gasteiger partial charge in [0, 0.05) is 11.8 Å². The molecule has 1 unspecified atom stereocenters. The molecule has 1 aromatic carbocycles. The van der Waals surface area contributed by atoms with Gasteiger partial charge < -0.3 is 15.4 Å². The average molecular weight is 375 g/mol. The SMILES string of the molecule is CC1=C2NOC(Nc3ccc(C#N)c(C)n3)(N=C1)N2c1ccc2c(c1)NCO2. The second-order valence-electron chi connectivity index (χ2n) is 6.65. The Morgan fingerprint density at radius 1 is 1.29 bits per heavy atom. The van der Waals surface area contributed by atoms with Gasteiger partial charge in [0.1, 0.15) is 23.5 Å². The highest BCUT2D eigenvalue weighted by atomic mass is 16.7. The maximum atomic E-state index is 9.13. The lowest BCUT2D eigenvalue weighted by molar-refractivity contribution is -0.0216. The minimum Gasteiger partial charge on any atom is -0.471 e. The molecule has 3 aliphatic rings. The molecule has 9 nitrogen and oxygen atoms in total. The van der Waals surface area contributed by atoms with Crippen molar-refractivity contribution >= 4 is 23.4 Å². The molecule has 0 spiro atoms. The molecule has 0 radical (unpaired) electrons. The molecule has 3 aliphatic heterocycles. The summed E-state index contributed by atoms with van der Waals surface area (Å²) < 4.78 is 5.52. The number of ether oxygens (including phenoxy) is 1. The largest absolute Gasteiger partial charge is 0.471 e. The van der Waals surface area contributed by atoms with E-state index in [4.69, 9.17) is 14.8 Å². The van der Waals surface area contributed by atoms with Crippen LogP contribution in [0.3, 0.4) is 0 Å². The number of pyridine rings is 1. The lowest BCUT2D eigenvalue weighted by Gasteiger charge is -2.35. The van der Waals surface area contributed by atoms with Crippen molar-refractivity contribution < 1.29 is 9.57 Å². The number of anilines is 3. The van der Waals surface area contributed by atoms with E-state index in [1.165, 1.54) is 0 Å². The predicted molar refractivity (Wildman–Crippen MR) is 103 cm³/mol. The topological polar surface area (TPSA) is 107 Å². The first-order valence-electron chi connectivity index (χ1n) is 8.77. The standard InChI is InChI=1S/C19H17N7O2/c1-11-9-22-19(24-17-6-3-13(8-20)12(2)23-17)26(18(11)25-28-19)14-4-5-16-15(7-14)21-10-27-16/h3-7,9,21,25H,10H2,1-2H3,(H,23,24). The highest BCUT2D eigenvalue weighted by Crippen LogP contribution is 2.41. The molecule has 9 heteroatoms. The lowest BCUT2D eigenvalue weighted by atomic mass is 10.2. The van der Waals surface area contributed by atoms with Gasteiger partial charge in [0.05, 0.1) is 22.6 Å². The Hall–Kier alpha value is -3.77. The van der Waals surface area contributed by atoms with Gasteiger partial charge in [-0.05, 0) is 44.2 Å². The number of hydrogen-bond acceptors (Lipinski definition) is 9. The molecule has 0 saturated carbocycles. The van der Waals surface area contributed by atoms with Crippen molar-refractivity contribution in [1.29, 1.82) is 5.26 Å². The smallest absolute Gasteiger partial charge is 0.353 e. The Labute approximate surface area is 161 Å². The molecular formula is C19H17N7O2. The maximum absolute atomic E-state index is 9.13. The summed E-state index contributed by atoms with van der Waals surface area (Å²) >= 11 is 0. The van der Waals surface area contributed by atoms with Crippen molar-refractivity contribution in [3.05, 3.63) is 53.0 Å². The first kappa shape index (κ1) is 16.4. The summed E-state index contributed by atoms with van der Waals surface area (Å²) in [6, 6.07) is 11.4. The van der Waals surface area contributed by atoms with E-state index in [-0.39, 0.29) is 0 Å². The molecule has 0 amide bonds. The fourth-order valence-electron chi connectivity index (χ4n) is 3.39. The average Bonchev–Trinajstić information content (AvgIpc) is 3.27. The van der Waals surface area contributed by atoms with E-state index >= 15 is 0 Å². The zero-order valence-corrected chi connectivity index (χ0v) is 15.3. The zero-order chi connectivity index (χ0) is 19.3. The van der Waals surface area contributed by atoms with E-state index in [2.05, 4.69) is 32.2 Å². The number of nitriles is 1. The Morgan fingerprint density at radius 2 is 2.18 bits per heavy atom. The van der Waals surface area contributed by atoms with Crippen molar-refractivity contribution in [1.82, 2.24) is 10.5 Å². The molecule has 5 rings (SSSR count). The van der Waals surface area contributed by atoms with Gasteiger partial charge in [0.2, 0.25) is 0 Å². The minimum atomic E-state index is -1.24. The molecule has 4 heterocycles. The lowest BCUT2D eigenvalue weighted by Crippen LogP contribution is -2.51. The summed E-state index contributed by atoms with van der Waals surface area (Å²) in [6.07, 6.45) is 1.75. The van der Waals surface area contributed by atoms with Gasteiger partial charge in [0.25, 0.3) is 0 Å². The monoisotopic (exact) mass is 375 g/mol. The second-order valence-corrected chi connectivity index (χ2v) is 6.65. The summed E-state index contributed by atoms with van der Waals surface area (Å²) in [7, 11) is 0. The van der Waals surface area contributed by atoms with E-state index in [9.17, 15) is 0 Å². The number of benzene rings is 1. The van der Waals surface area contributed by atoms with Crippen molar-refractivity contribution in [2.75, 3.05) is 22.3 Å². The van der Waals surface area contributed by atoms with Crippen molar-refractivity contribution in [2.24, 2.45) is 4.99 Å². The summed E-state index contributed by atoms with van der Waals surface area (Å²) in [5, 5.41) is 15.6. The van der Waals surface area contributed by atoms with Crippen molar-refractivity contribution in [2.45, 2.75) is 19.8 Å². The van der Waals surface area contributed by atoms with Crippen LogP contribution in [0.2, 0.25) is 0 Å². The minimum absolute atomic E-state index is 0.450. The molecule has 1 fully saturated rings. The van der Waals surface area contributed by atoms with Crippen LogP contribution in [-0.2, 0) is 4.84 Å². The van der Waals surface area contributed by atoms with Gasteiger partial charge in [-0.15, -0.1) is 0 Å². The highest BCUT2D eigenvalue weighted by molar-refractivity contribution is 5.84. The molecule has 1 saturated heterocycles. The summed E-state index contributed by atoms with van der Waals surface area (Å²) in [6.45, 7) is 4.19. The van der Waals surface area contributed by atoms with Crippen LogP contribution < -0.4 is 25.8 Å². The van der Waals surface area contributed by atoms with Gasteiger partial charge in [-0.25, -0.2) is 20.3 Å². The van der Waals surface area contributed by atoms with E-state index in [1.807, 2.05) is 30.0 Å². The van der Waals surface area contributed by atoms with Crippen LogP contribution in [-0.4, -0.2) is 23.9 Å². The van der Waals surface area contributed by atoms with Gasteiger partial charge in [-0.2, -0.15) is 5.26 Å². The normalized spacial score (nSPS) is 21.5. The Morgan fingerprint density at radius 3 is 3.00 bits per heavy atom. The van der Waals surface area contributed by atoms with Crippen molar-refractivity contribution in [3.63, 3.8) is 0 Å². The number of hydrogen-bond donors (Lipinski definition) is 3. The number of hydroxylamine groups is 1. The van der Waals surface area contributed by atoms with Gasteiger partial charge in [-0.1, -0.05) is 0 Å². The third kappa shape index (κ3) is 2.35. The fraction of sp³-hybridized carbons (Fsp3) is 0.211. The third-order valence-corrected chi connectivity index (χ3v) is 4.83. The molecule has 0 aliphatic carbocycles. The molecule has 2 aromatic rings. The van der Waals surface area contributed by atoms with Gasteiger partial charge in [0.15, 0.2) is 6.73 Å². The van der Waals surface area contributed by atoms with Crippen LogP contribution in [0.5, 0.6) is 5.75 Å². The van der Waals surface area contributed by atoms with E-state index < -0.39 is 5.97 Å². The fourth-order valence-corrected chi connectivity index (χ4v) is 3.39. The molecule has 3 N–H and O–H groups in total. The van der Waals surface area contributed by atoms with E-state index in [0.717, 1.165) is 28.5 Å². The number of nitrogens with zero attached hydrogens (tertiary/aromatic N) is 4. The summed E-state index contributed by atoms with van der Waals surface area (Å²) in [5.41, 5.74) is 6.84. The number of aryl methyl sites for hydroxylation is 1. The molecule has 2 bridgehead atoms. The van der Waals surface area contributed by atoms with E-state index in [0.29, 0.717) is 23.8 Å². The molecule has 1 atom stereocenters. The number of aliphatic imine (C=N–C) groups is 1. The summed E-state index contributed by atoms with van der Waals surface area (Å²) in [5.74, 6) is 0.897. The quantitative estimate of drug-likeness (QED) is 0.751. The zero-order valence-electron chi connectivity index (χ0n) is 15.3. The highest BCUT2D eigenvalue weighted by Gasteiger charge is 2.50. The second kappa shape index (κ2) is 5.87. The van der Waals surface area contributed by atoms with Crippen LogP contribution in [0.4, 0.5) is 17.2 Å². The van der Waals surface area contributed by atoms with Crippen LogP contribution in [0, 0.1) is 18.3 Å². The maximum Gasteiger partial charge on any atom is 0.353 e. The van der Waals surface area contributed by atoms with Gasteiger partial charge >= 0.3 is 5.97 Å². The predicted octanol–water partition coefficient (Wildman–Crippen LogP) is 2.40.